The average molecular weight is 232 g/mol. The van der Waals surface area contributed by atoms with Crippen molar-refractivity contribution in [1.29, 1.82) is 0 Å². The second kappa shape index (κ2) is 8.86. The van der Waals surface area contributed by atoms with Crippen molar-refractivity contribution in [3.8, 4) is 0 Å². The molecule has 8 nitrogen and oxygen atoms in total. The highest BCUT2D eigenvalue weighted by Crippen LogP contribution is 1.91. The molecule has 0 spiro atoms. The Bertz CT molecular complexity index is 233. The van der Waals surface area contributed by atoms with Crippen LogP contribution in [0.2, 0.25) is 0 Å². The second-order valence-electron chi connectivity index (χ2n) is 3.36. The number of guanidine groups is 1. The zero-order valence-electron chi connectivity index (χ0n) is 9.48. The smallest absolute Gasteiger partial charge is 0.266 e. The van der Waals surface area contributed by atoms with Crippen molar-refractivity contribution in [3.63, 3.8) is 0 Å². The van der Waals surface area contributed by atoms with Gasteiger partial charge in [0, 0.05) is 19.1 Å². The average Bonchev–Trinajstić information content (AvgIpc) is 2.20. The van der Waals surface area contributed by atoms with Crippen LogP contribution in [-0.2, 0) is 0 Å². The van der Waals surface area contributed by atoms with E-state index in [4.69, 9.17) is 11.5 Å². The van der Waals surface area contributed by atoms with Crippen LogP contribution in [0, 0.1) is 10.1 Å². The lowest BCUT2D eigenvalue weighted by atomic mass is 10.1. The van der Waals surface area contributed by atoms with Crippen molar-refractivity contribution in [1.82, 2.24) is 10.6 Å². The van der Waals surface area contributed by atoms with Crippen LogP contribution in [0.15, 0.2) is 5.10 Å². The number of nitrogens with zero attached hydrogens (tertiary/aromatic N) is 2. The molecule has 0 saturated heterocycles. The first kappa shape index (κ1) is 14.6. The molecule has 0 aliphatic heterocycles. The maximum atomic E-state index is 9.94. The van der Waals surface area contributed by atoms with Gasteiger partial charge in [-0.25, -0.2) is 10.1 Å². The Balaban J connectivity index is 3.49. The van der Waals surface area contributed by atoms with Gasteiger partial charge in [-0.1, -0.05) is 6.92 Å². The molecule has 1 unspecified atom stereocenters. The number of nitrogens with two attached hydrogens (primary N) is 2. The van der Waals surface area contributed by atoms with E-state index in [1.807, 2.05) is 6.92 Å². The van der Waals surface area contributed by atoms with Crippen LogP contribution in [0.1, 0.15) is 19.8 Å². The summed E-state index contributed by atoms with van der Waals surface area (Å²) in [5.74, 6) is -0.176. The zero-order chi connectivity index (χ0) is 12.4. The van der Waals surface area contributed by atoms with E-state index in [-0.39, 0.29) is 12.0 Å². The highest BCUT2D eigenvalue weighted by Gasteiger charge is 2.02. The predicted molar refractivity (Wildman–Crippen MR) is 62.4 cm³/mol. The molecule has 1 atom stereocenters. The summed E-state index contributed by atoms with van der Waals surface area (Å²) in [4.78, 5) is 9.94. The van der Waals surface area contributed by atoms with E-state index in [0.717, 1.165) is 25.9 Å². The summed E-state index contributed by atoms with van der Waals surface area (Å²) in [5, 5.41) is 17.8. The molecule has 0 saturated carbocycles. The maximum absolute atomic E-state index is 9.94. The summed E-state index contributed by atoms with van der Waals surface area (Å²) in [6.45, 7) is 4.22. The third-order valence-corrected chi connectivity index (χ3v) is 1.90. The van der Waals surface area contributed by atoms with Crippen LogP contribution in [0.3, 0.4) is 0 Å². The van der Waals surface area contributed by atoms with Crippen molar-refractivity contribution in [2.75, 3.05) is 19.6 Å². The Morgan fingerprint density at radius 1 is 1.62 bits per heavy atom. The minimum atomic E-state index is -0.834. The molecular formula is C8H20N6O2. The molecule has 16 heavy (non-hydrogen) atoms. The van der Waals surface area contributed by atoms with Crippen LogP contribution >= 0.6 is 0 Å². The number of hydrogen-bond acceptors (Lipinski definition) is 4. The van der Waals surface area contributed by atoms with Crippen molar-refractivity contribution in [2.45, 2.75) is 25.8 Å². The standard InChI is InChI=1S/C8H20N6O2/c1-2-11-6-7(9)4-3-5-12-8(10)13-14(15)16/h7,11H,2-6,9H2,1H3,(H3,10,12,13). The fourth-order valence-corrected chi connectivity index (χ4v) is 1.14. The number of nitro groups is 1. The summed E-state index contributed by atoms with van der Waals surface area (Å²) in [6.07, 6.45) is 1.62. The van der Waals surface area contributed by atoms with Gasteiger partial charge >= 0.3 is 0 Å². The van der Waals surface area contributed by atoms with Crippen molar-refractivity contribution in [2.24, 2.45) is 16.6 Å². The first-order valence-electron chi connectivity index (χ1n) is 5.25. The largest absolute Gasteiger partial charge is 0.365 e. The number of hydrazone groups is 1. The van der Waals surface area contributed by atoms with Crippen molar-refractivity contribution >= 4 is 5.96 Å². The fourth-order valence-electron chi connectivity index (χ4n) is 1.14. The van der Waals surface area contributed by atoms with E-state index in [1.165, 1.54) is 0 Å². The van der Waals surface area contributed by atoms with E-state index < -0.39 is 5.03 Å². The fraction of sp³-hybridized carbons (Fsp3) is 0.875. The van der Waals surface area contributed by atoms with Gasteiger partial charge in [-0.2, -0.15) is 0 Å². The van der Waals surface area contributed by atoms with Crippen LogP contribution in [-0.4, -0.2) is 36.7 Å². The van der Waals surface area contributed by atoms with Crippen LogP contribution in [0.4, 0.5) is 0 Å². The Morgan fingerprint density at radius 3 is 2.88 bits per heavy atom. The number of likely N-dealkylation sites (N-methyl/N-ethyl adjacent to an activating group) is 1. The van der Waals surface area contributed by atoms with Crippen LogP contribution < -0.4 is 22.1 Å². The molecule has 0 aromatic heterocycles. The molecule has 6 N–H and O–H groups in total. The zero-order valence-corrected chi connectivity index (χ0v) is 9.48. The van der Waals surface area contributed by atoms with Gasteiger partial charge in [0.2, 0.25) is 0 Å². The van der Waals surface area contributed by atoms with Gasteiger partial charge in [0.25, 0.3) is 5.96 Å². The molecule has 0 aliphatic rings. The summed E-state index contributed by atoms with van der Waals surface area (Å²) in [5.41, 5.74) is 11.0. The lowest BCUT2D eigenvalue weighted by molar-refractivity contribution is -0.485. The van der Waals surface area contributed by atoms with Crippen molar-refractivity contribution in [3.05, 3.63) is 10.1 Å². The molecule has 0 bridgehead atoms. The summed E-state index contributed by atoms with van der Waals surface area (Å²) in [6, 6.07) is 0.0930. The lowest BCUT2D eigenvalue weighted by Crippen LogP contribution is -2.36. The monoisotopic (exact) mass is 232 g/mol. The number of rotatable bonds is 8. The molecule has 8 heteroatoms. The summed E-state index contributed by atoms with van der Waals surface area (Å²) < 4.78 is 0. The SMILES string of the molecule is CCNCC(N)CCCN/C(N)=N/[N+](=O)[O-]. The maximum Gasteiger partial charge on any atom is 0.266 e. The van der Waals surface area contributed by atoms with E-state index in [2.05, 4.69) is 15.7 Å². The molecule has 0 rings (SSSR count). The Hall–Kier alpha value is -1.41. The Kier molecular flexibility index (Phi) is 8.08. The van der Waals surface area contributed by atoms with Gasteiger partial charge in [-0.15, -0.1) is 0 Å². The van der Waals surface area contributed by atoms with Crippen LogP contribution in [0.5, 0.6) is 0 Å². The molecule has 0 amide bonds. The van der Waals surface area contributed by atoms with Gasteiger partial charge in [0.1, 0.15) is 5.10 Å². The molecule has 94 valence electrons. The van der Waals surface area contributed by atoms with Gasteiger partial charge in [-0.05, 0) is 19.4 Å². The minimum absolute atomic E-state index is 0.0930. The quantitative estimate of drug-likeness (QED) is 0.137. The molecule has 0 heterocycles. The topological polar surface area (TPSA) is 132 Å². The summed E-state index contributed by atoms with van der Waals surface area (Å²) >= 11 is 0. The molecule has 0 aliphatic carbocycles. The van der Waals surface area contributed by atoms with Gasteiger partial charge in [0.05, 0.1) is 0 Å². The van der Waals surface area contributed by atoms with E-state index in [1.54, 1.807) is 0 Å². The Labute approximate surface area is 94.6 Å². The van der Waals surface area contributed by atoms with Gasteiger partial charge in [-0.3, -0.25) is 0 Å². The molecule has 0 aromatic rings. The third-order valence-electron chi connectivity index (χ3n) is 1.90. The van der Waals surface area contributed by atoms with E-state index in [9.17, 15) is 10.1 Å². The molecular weight excluding hydrogens is 212 g/mol. The first-order valence-corrected chi connectivity index (χ1v) is 5.25. The Morgan fingerprint density at radius 2 is 2.31 bits per heavy atom. The molecule has 0 radical (unpaired) electrons. The molecule has 0 aromatic carbocycles. The minimum Gasteiger partial charge on any atom is -0.365 e. The third kappa shape index (κ3) is 9.16. The van der Waals surface area contributed by atoms with Gasteiger partial charge < -0.3 is 22.1 Å². The highest BCUT2D eigenvalue weighted by molar-refractivity contribution is 5.76. The lowest BCUT2D eigenvalue weighted by Gasteiger charge is -2.11. The van der Waals surface area contributed by atoms with Gasteiger partial charge in [0.15, 0.2) is 5.03 Å². The predicted octanol–water partition coefficient (Wildman–Crippen LogP) is -1.20. The number of hydrogen-bond donors (Lipinski definition) is 4. The number of nitrogens with one attached hydrogen (secondary N) is 2. The second-order valence-corrected chi connectivity index (χ2v) is 3.36. The van der Waals surface area contributed by atoms with Crippen molar-refractivity contribution < 1.29 is 5.03 Å². The molecule has 0 fully saturated rings. The summed E-state index contributed by atoms with van der Waals surface area (Å²) in [7, 11) is 0. The normalized spacial score (nSPS) is 13.5. The highest BCUT2D eigenvalue weighted by atomic mass is 16.7. The van der Waals surface area contributed by atoms with Crippen LogP contribution in [0.25, 0.3) is 0 Å². The first-order chi connectivity index (χ1) is 7.56. The van der Waals surface area contributed by atoms with E-state index >= 15 is 0 Å². The van der Waals surface area contributed by atoms with E-state index in [0.29, 0.717) is 6.54 Å².